The third-order valence-corrected chi connectivity index (χ3v) is 5.70. The van der Waals surface area contributed by atoms with Crippen molar-refractivity contribution in [2.45, 2.75) is 20.3 Å². The number of carbonyl (C=O) groups excluding carboxylic acids is 1. The van der Waals surface area contributed by atoms with Crippen LogP contribution in [0.1, 0.15) is 30.6 Å². The number of carbonyl (C=O) groups is 1. The highest BCUT2D eigenvalue weighted by Gasteiger charge is 2.32. The number of piperidine rings is 1. The summed E-state index contributed by atoms with van der Waals surface area (Å²) in [6.07, 6.45) is 1.06. The van der Waals surface area contributed by atoms with Crippen molar-refractivity contribution in [3.8, 4) is 11.1 Å². The molecule has 1 aliphatic rings. The SMILES string of the molecule is CC1(C)CNCCC1CNC(=O)c1cc(Cl)ccc1-c1cccc(Cl)c1. The fourth-order valence-electron chi connectivity index (χ4n) is 3.52. The number of nitrogens with one attached hydrogen (secondary N) is 2. The zero-order valence-corrected chi connectivity index (χ0v) is 16.6. The Balaban J connectivity index is 1.82. The second-order valence-corrected chi connectivity index (χ2v) is 8.43. The van der Waals surface area contributed by atoms with E-state index in [1.54, 1.807) is 12.1 Å². The van der Waals surface area contributed by atoms with Crippen molar-refractivity contribution >= 4 is 29.1 Å². The van der Waals surface area contributed by atoms with Gasteiger partial charge in [-0.2, -0.15) is 0 Å². The minimum absolute atomic E-state index is 0.100. The highest BCUT2D eigenvalue weighted by molar-refractivity contribution is 6.31. The van der Waals surface area contributed by atoms with Gasteiger partial charge in [0.15, 0.2) is 0 Å². The smallest absolute Gasteiger partial charge is 0.251 e. The van der Waals surface area contributed by atoms with Gasteiger partial charge in [-0.05, 0) is 59.7 Å². The summed E-state index contributed by atoms with van der Waals surface area (Å²) in [6, 6.07) is 12.9. The van der Waals surface area contributed by atoms with Crippen LogP contribution in [0, 0.1) is 11.3 Å². The molecule has 1 saturated heterocycles. The molecule has 0 radical (unpaired) electrons. The molecular weight excluding hydrogens is 367 g/mol. The van der Waals surface area contributed by atoms with Crippen LogP contribution >= 0.6 is 23.2 Å². The number of amides is 1. The van der Waals surface area contributed by atoms with E-state index in [-0.39, 0.29) is 11.3 Å². The predicted molar refractivity (Wildman–Crippen MR) is 109 cm³/mol. The molecule has 1 aliphatic heterocycles. The van der Waals surface area contributed by atoms with Crippen molar-refractivity contribution in [3.05, 3.63) is 58.1 Å². The van der Waals surface area contributed by atoms with Crippen LogP contribution in [0.15, 0.2) is 42.5 Å². The van der Waals surface area contributed by atoms with Gasteiger partial charge in [-0.15, -0.1) is 0 Å². The molecule has 0 spiro atoms. The van der Waals surface area contributed by atoms with E-state index < -0.39 is 0 Å². The van der Waals surface area contributed by atoms with E-state index in [4.69, 9.17) is 23.2 Å². The second kappa shape index (κ2) is 7.99. The van der Waals surface area contributed by atoms with Gasteiger partial charge in [-0.1, -0.05) is 55.2 Å². The molecule has 1 atom stereocenters. The number of hydrogen-bond donors (Lipinski definition) is 2. The second-order valence-electron chi connectivity index (χ2n) is 7.56. The molecule has 0 aliphatic carbocycles. The number of benzene rings is 2. The lowest BCUT2D eigenvalue weighted by atomic mass is 9.74. The number of rotatable bonds is 4. The molecule has 3 nitrogen and oxygen atoms in total. The van der Waals surface area contributed by atoms with Crippen LogP contribution in [0.25, 0.3) is 11.1 Å². The normalized spacial score (nSPS) is 19.2. The van der Waals surface area contributed by atoms with Crippen LogP contribution in [0.4, 0.5) is 0 Å². The minimum Gasteiger partial charge on any atom is -0.352 e. The summed E-state index contributed by atoms with van der Waals surface area (Å²) in [5.41, 5.74) is 2.47. The molecule has 0 bridgehead atoms. The van der Waals surface area contributed by atoms with Crippen LogP contribution in [0.2, 0.25) is 10.0 Å². The third kappa shape index (κ3) is 4.40. The molecule has 0 saturated carbocycles. The van der Waals surface area contributed by atoms with Gasteiger partial charge in [0.25, 0.3) is 5.91 Å². The van der Waals surface area contributed by atoms with Gasteiger partial charge in [-0.3, -0.25) is 4.79 Å². The van der Waals surface area contributed by atoms with E-state index in [0.717, 1.165) is 30.6 Å². The van der Waals surface area contributed by atoms with Gasteiger partial charge in [-0.25, -0.2) is 0 Å². The summed E-state index contributed by atoms with van der Waals surface area (Å²) in [4.78, 5) is 12.9. The van der Waals surface area contributed by atoms with Gasteiger partial charge in [0.05, 0.1) is 0 Å². The fourth-order valence-corrected chi connectivity index (χ4v) is 3.89. The van der Waals surface area contributed by atoms with Gasteiger partial charge in [0.2, 0.25) is 0 Å². The van der Waals surface area contributed by atoms with Crippen molar-refractivity contribution < 1.29 is 4.79 Å². The maximum absolute atomic E-state index is 12.9. The Kier molecular flexibility index (Phi) is 5.91. The van der Waals surface area contributed by atoms with Gasteiger partial charge in [0.1, 0.15) is 0 Å². The lowest BCUT2D eigenvalue weighted by Gasteiger charge is -2.39. The molecule has 2 aromatic carbocycles. The monoisotopic (exact) mass is 390 g/mol. The third-order valence-electron chi connectivity index (χ3n) is 5.23. The first kappa shape index (κ1) is 19.2. The molecule has 3 rings (SSSR count). The van der Waals surface area contributed by atoms with Gasteiger partial charge < -0.3 is 10.6 Å². The first-order valence-corrected chi connectivity index (χ1v) is 9.67. The standard InChI is InChI=1S/C21H24Cl2N2O/c1-21(2)13-24-9-8-15(21)12-25-20(26)19-11-17(23)6-7-18(19)14-4-3-5-16(22)10-14/h3-7,10-11,15,24H,8-9,12-13H2,1-2H3,(H,25,26). The van der Waals surface area contributed by atoms with Crippen LogP contribution in [-0.4, -0.2) is 25.5 Å². The molecule has 2 N–H and O–H groups in total. The van der Waals surface area contributed by atoms with Crippen molar-refractivity contribution in [3.63, 3.8) is 0 Å². The Bertz CT molecular complexity index is 804. The van der Waals surface area contributed by atoms with Crippen LogP contribution in [0.3, 0.4) is 0 Å². The summed E-state index contributed by atoms with van der Waals surface area (Å²) in [5.74, 6) is 0.346. The van der Waals surface area contributed by atoms with Gasteiger partial charge >= 0.3 is 0 Å². The molecule has 1 heterocycles. The van der Waals surface area contributed by atoms with Crippen LogP contribution < -0.4 is 10.6 Å². The van der Waals surface area contributed by atoms with E-state index in [0.29, 0.717) is 28.1 Å². The first-order chi connectivity index (χ1) is 12.4. The highest BCUT2D eigenvalue weighted by Crippen LogP contribution is 2.32. The van der Waals surface area contributed by atoms with Crippen molar-refractivity contribution in [2.24, 2.45) is 11.3 Å². The Labute approximate surface area is 165 Å². The summed E-state index contributed by atoms with van der Waals surface area (Å²) in [5, 5.41) is 7.73. The van der Waals surface area contributed by atoms with E-state index in [1.807, 2.05) is 30.3 Å². The quantitative estimate of drug-likeness (QED) is 0.768. The maximum Gasteiger partial charge on any atom is 0.251 e. The van der Waals surface area contributed by atoms with Crippen LogP contribution in [0.5, 0.6) is 0 Å². The summed E-state index contributed by atoms with van der Waals surface area (Å²) < 4.78 is 0. The predicted octanol–water partition coefficient (Wildman–Crippen LogP) is 5.03. The lowest BCUT2D eigenvalue weighted by molar-refractivity contribution is 0.0912. The number of halogens is 2. The van der Waals surface area contributed by atoms with Crippen molar-refractivity contribution in [2.75, 3.05) is 19.6 Å². The average Bonchev–Trinajstić information content (AvgIpc) is 2.60. The average molecular weight is 391 g/mol. The zero-order chi connectivity index (χ0) is 18.7. The molecule has 1 amide bonds. The zero-order valence-electron chi connectivity index (χ0n) is 15.1. The first-order valence-electron chi connectivity index (χ1n) is 8.91. The minimum atomic E-state index is -0.100. The molecular formula is C21H24Cl2N2O. The molecule has 5 heteroatoms. The van der Waals surface area contributed by atoms with E-state index in [2.05, 4.69) is 24.5 Å². The Hall–Kier alpha value is -1.55. The highest BCUT2D eigenvalue weighted by atomic mass is 35.5. The topological polar surface area (TPSA) is 41.1 Å². The number of hydrogen-bond acceptors (Lipinski definition) is 2. The van der Waals surface area contributed by atoms with E-state index in [1.165, 1.54) is 0 Å². The van der Waals surface area contributed by atoms with E-state index >= 15 is 0 Å². The maximum atomic E-state index is 12.9. The van der Waals surface area contributed by atoms with Crippen LogP contribution in [-0.2, 0) is 0 Å². The molecule has 26 heavy (non-hydrogen) atoms. The fraction of sp³-hybridized carbons (Fsp3) is 0.381. The summed E-state index contributed by atoms with van der Waals surface area (Å²) >= 11 is 12.3. The Morgan fingerprint density at radius 2 is 1.96 bits per heavy atom. The Morgan fingerprint density at radius 3 is 2.69 bits per heavy atom. The van der Waals surface area contributed by atoms with Gasteiger partial charge in [0, 0.05) is 28.7 Å². The Morgan fingerprint density at radius 1 is 1.19 bits per heavy atom. The summed E-state index contributed by atoms with van der Waals surface area (Å²) in [6.45, 7) is 7.11. The largest absolute Gasteiger partial charge is 0.352 e. The van der Waals surface area contributed by atoms with E-state index in [9.17, 15) is 4.79 Å². The lowest BCUT2D eigenvalue weighted by Crippen LogP contribution is -2.47. The van der Waals surface area contributed by atoms with Crippen molar-refractivity contribution in [1.29, 1.82) is 0 Å². The van der Waals surface area contributed by atoms with Crippen molar-refractivity contribution in [1.82, 2.24) is 10.6 Å². The molecule has 0 aromatic heterocycles. The molecule has 1 unspecified atom stereocenters. The molecule has 138 valence electrons. The molecule has 2 aromatic rings. The molecule has 1 fully saturated rings. The summed E-state index contributed by atoms with van der Waals surface area (Å²) in [7, 11) is 0.